The molecule has 0 spiro atoms. The molecule has 0 radical (unpaired) electrons. The highest BCUT2D eigenvalue weighted by Crippen LogP contribution is 2.20. The Balaban J connectivity index is 1.89. The number of anilines is 1. The highest BCUT2D eigenvalue weighted by molar-refractivity contribution is 5.28. The second kappa shape index (κ2) is 5.12. The molecule has 0 bridgehead atoms. The first-order chi connectivity index (χ1) is 7.78. The highest BCUT2D eigenvalue weighted by atomic mass is 16.5. The van der Waals surface area contributed by atoms with Crippen molar-refractivity contribution in [3.8, 4) is 5.75 Å². The molecular formula is C11H18N4O. The molecule has 5 nitrogen and oxygen atoms in total. The van der Waals surface area contributed by atoms with Crippen LogP contribution in [0.15, 0.2) is 12.4 Å². The van der Waals surface area contributed by atoms with E-state index in [2.05, 4.69) is 15.3 Å². The Morgan fingerprint density at radius 2 is 2.19 bits per heavy atom. The number of nitrogens with zero attached hydrogens (tertiary/aromatic N) is 2. The van der Waals surface area contributed by atoms with Gasteiger partial charge in [0, 0.05) is 12.1 Å². The van der Waals surface area contributed by atoms with Gasteiger partial charge in [-0.25, -0.2) is 9.97 Å². The van der Waals surface area contributed by atoms with E-state index in [1.54, 1.807) is 12.4 Å². The van der Waals surface area contributed by atoms with Crippen LogP contribution in [0.1, 0.15) is 26.2 Å². The first-order valence-electron chi connectivity index (χ1n) is 5.75. The van der Waals surface area contributed by atoms with Gasteiger partial charge >= 0.3 is 0 Å². The van der Waals surface area contributed by atoms with Gasteiger partial charge in [-0.05, 0) is 26.2 Å². The number of ether oxygens (including phenoxy) is 1. The van der Waals surface area contributed by atoms with Crippen molar-refractivity contribution in [3.05, 3.63) is 12.4 Å². The largest absolute Gasteiger partial charge is 0.491 e. The minimum absolute atomic E-state index is 0.320. The summed E-state index contributed by atoms with van der Waals surface area (Å²) >= 11 is 0. The van der Waals surface area contributed by atoms with Crippen LogP contribution in [-0.2, 0) is 0 Å². The average Bonchev–Trinajstić information content (AvgIpc) is 2.67. The highest BCUT2D eigenvalue weighted by Gasteiger charge is 2.21. The van der Waals surface area contributed by atoms with Gasteiger partial charge in [-0.2, -0.15) is 0 Å². The Morgan fingerprint density at radius 1 is 1.44 bits per heavy atom. The Bertz CT molecular complexity index is 327. The molecule has 1 aromatic heterocycles. The van der Waals surface area contributed by atoms with E-state index in [1.807, 2.05) is 6.92 Å². The molecule has 88 valence electrons. The normalized spacial score (nSPS) is 24.4. The third kappa shape index (κ3) is 2.82. The zero-order valence-corrected chi connectivity index (χ0v) is 9.52. The van der Waals surface area contributed by atoms with Crippen molar-refractivity contribution in [3.63, 3.8) is 0 Å². The molecule has 1 heterocycles. The number of nitrogens with two attached hydrogens (primary N) is 1. The smallest absolute Gasteiger partial charge is 0.223 e. The van der Waals surface area contributed by atoms with Gasteiger partial charge in [-0.3, -0.25) is 0 Å². The van der Waals surface area contributed by atoms with Crippen molar-refractivity contribution >= 4 is 5.95 Å². The minimum atomic E-state index is 0.320. The molecule has 0 aromatic carbocycles. The summed E-state index contributed by atoms with van der Waals surface area (Å²) in [6.07, 6.45) is 6.55. The van der Waals surface area contributed by atoms with Crippen molar-refractivity contribution < 1.29 is 4.74 Å². The molecule has 3 N–H and O–H groups in total. The number of hydrogen-bond donors (Lipinski definition) is 2. The maximum atomic E-state index is 5.84. The van der Waals surface area contributed by atoms with Gasteiger partial charge in [0.1, 0.15) is 0 Å². The van der Waals surface area contributed by atoms with Crippen LogP contribution in [0, 0.1) is 0 Å². The zero-order chi connectivity index (χ0) is 11.4. The Labute approximate surface area is 95.4 Å². The lowest BCUT2D eigenvalue weighted by molar-refractivity contribution is 0.337. The standard InChI is InChI=1S/C11H18N4O/c1-2-16-10-6-13-11(14-7-10)15-9-4-3-8(12)5-9/h6-9H,2-5,12H2,1H3,(H,13,14,15)/t8-,9-/m0/s1. The quantitative estimate of drug-likeness (QED) is 0.800. The molecular weight excluding hydrogens is 204 g/mol. The summed E-state index contributed by atoms with van der Waals surface area (Å²) in [4.78, 5) is 8.40. The van der Waals surface area contributed by atoms with E-state index in [9.17, 15) is 0 Å². The Hall–Kier alpha value is -1.36. The molecule has 2 atom stereocenters. The number of rotatable bonds is 4. The molecule has 1 aliphatic carbocycles. The zero-order valence-electron chi connectivity index (χ0n) is 9.52. The monoisotopic (exact) mass is 222 g/mol. The molecule has 0 saturated heterocycles. The van der Waals surface area contributed by atoms with Crippen LogP contribution in [0.5, 0.6) is 5.75 Å². The SMILES string of the molecule is CCOc1cnc(N[C@H]2CC[C@H](N)C2)nc1. The molecule has 1 fully saturated rings. The van der Waals surface area contributed by atoms with Crippen LogP contribution in [0.3, 0.4) is 0 Å². The van der Waals surface area contributed by atoms with Gasteiger partial charge < -0.3 is 15.8 Å². The topological polar surface area (TPSA) is 73.1 Å². The van der Waals surface area contributed by atoms with Crippen molar-refractivity contribution in [2.45, 2.75) is 38.3 Å². The number of aromatic nitrogens is 2. The molecule has 0 aliphatic heterocycles. The van der Waals surface area contributed by atoms with Gasteiger partial charge in [0.15, 0.2) is 5.75 Å². The van der Waals surface area contributed by atoms with E-state index in [0.717, 1.165) is 19.3 Å². The molecule has 1 aliphatic rings. The summed E-state index contributed by atoms with van der Waals surface area (Å²) in [7, 11) is 0. The Morgan fingerprint density at radius 3 is 2.75 bits per heavy atom. The van der Waals surface area contributed by atoms with E-state index >= 15 is 0 Å². The number of hydrogen-bond acceptors (Lipinski definition) is 5. The van der Waals surface area contributed by atoms with Crippen LogP contribution < -0.4 is 15.8 Å². The lowest BCUT2D eigenvalue weighted by Crippen LogP contribution is -2.21. The van der Waals surface area contributed by atoms with Crippen LogP contribution in [-0.4, -0.2) is 28.7 Å². The molecule has 1 saturated carbocycles. The van der Waals surface area contributed by atoms with Crippen LogP contribution in [0.2, 0.25) is 0 Å². The lowest BCUT2D eigenvalue weighted by Gasteiger charge is -2.12. The molecule has 1 aromatic rings. The van der Waals surface area contributed by atoms with Crippen molar-refractivity contribution in [1.82, 2.24) is 9.97 Å². The molecule has 2 rings (SSSR count). The summed E-state index contributed by atoms with van der Waals surface area (Å²) in [6.45, 7) is 2.57. The minimum Gasteiger partial charge on any atom is -0.491 e. The third-order valence-corrected chi connectivity index (χ3v) is 2.75. The van der Waals surface area contributed by atoms with E-state index in [0.29, 0.717) is 30.4 Å². The fourth-order valence-electron chi connectivity index (χ4n) is 1.96. The van der Waals surface area contributed by atoms with Gasteiger partial charge in [0.25, 0.3) is 0 Å². The van der Waals surface area contributed by atoms with E-state index in [-0.39, 0.29) is 0 Å². The van der Waals surface area contributed by atoms with Crippen molar-refractivity contribution in [2.75, 3.05) is 11.9 Å². The van der Waals surface area contributed by atoms with Gasteiger partial charge in [0.2, 0.25) is 5.95 Å². The van der Waals surface area contributed by atoms with E-state index in [1.165, 1.54) is 0 Å². The van der Waals surface area contributed by atoms with Crippen LogP contribution in [0.4, 0.5) is 5.95 Å². The second-order valence-electron chi connectivity index (χ2n) is 4.09. The van der Waals surface area contributed by atoms with Crippen LogP contribution >= 0.6 is 0 Å². The van der Waals surface area contributed by atoms with E-state index in [4.69, 9.17) is 10.5 Å². The summed E-state index contributed by atoms with van der Waals surface area (Å²) in [6, 6.07) is 0.730. The molecule has 0 amide bonds. The van der Waals surface area contributed by atoms with Gasteiger partial charge in [0.05, 0.1) is 19.0 Å². The molecule has 16 heavy (non-hydrogen) atoms. The maximum absolute atomic E-state index is 5.84. The van der Waals surface area contributed by atoms with Crippen molar-refractivity contribution in [1.29, 1.82) is 0 Å². The maximum Gasteiger partial charge on any atom is 0.223 e. The second-order valence-corrected chi connectivity index (χ2v) is 4.09. The Kier molecular flexibility index (Phi) is 3.56. The molecule has 0 unspecified atom stereocenters. The first kappa shape index (κ1) is 11.1. The summed E-state index contributed by atoms with van der Waals surface area (Å²) in [5.41, 5.74) is 5.84. The predicted molar refractivity (Wildman–Crippen MR) is 62.4 cm³/mol. The fraction of sp³-hybridized carbons (Fsp3) is 0.636. The summed E-state index contributed by atoms with van der Waals surface area (Å²) in [5.74, 6) is 1.36. The van der Waals surface area contributed by atoms with Gasteiger partial charge in [-0.1, -0.05) is 0 Å². The predicted octanol–water partition coefficient (Wildman–Crippen LogP) is 1.17. The van der Waals surface area contributed by atoms with Gasteiger partial charge in [-0.15, -0.1) is 0 Å². The van der Waals surface area contributed by atoms with E-state index < -0.39 is 0 Å². The summed E-state index contributed by atoms with van der Waals surface area (Å²) in [5, 5.41) is 3.28. The number of nitrogens with one attached hydrogen (secondary N) is 1. The van der Waals surface area contributed by atoms with Crippen LogP contribution in [0.25, 0.3) is 0 Å². The van der Waals surface area contributed by atoms with Crippen molar-refractivity contribution in [2.24, 2.45) is 5.73 Å². The molecule has 5 heteroatoms. The average molecular weight is 222 g/mol. The third-order valence-electron chi connectivity index (χ3n) is 2.75. The summed E-state index contributed by atoms with van der Waals surface area (Å²) < 4.78 is 5.28. The lowest BCUT2D eigenvalue weighted by atomic mass is 10.2. The fourth-order valence-corrected chi connectivity index (χ4v) is 1.96. The first-order valence-corrected chi connectivity index (χ1v) is 5.75.